The minimum absolute atomic E-state index is 0.0270. The number of hydrogen-bond donors (Lipinski definition) is 2. The summed E-state index contributed by atoms with van der Waals surface area (Å²) >= 11 is 0. The van der Waals surface area contributed by atoms with Crippen molar-refractivity contribution in [3.05, 3.63) is 48.3 Å². The predicted molar refractivity (Wildman–Crippen MR) is 75.9 cm³/mol. The summed E-state index contributed by atoms with van der Waals surface area (Å²) in [5.74, 6) is 0.346. The van der Waals surface area contributed by atoms with Crippen LogP contribution in [0.1, 0.15) is 25.6 Å². The van der Waals surface area contributed by atoms with Crippen molar-refractivity contribution in [1.82, 2.24) is 9.78 Å². The lowest BCUT2D eigenvalue weighted by Gasteiger charge is -2.25. The Bertz CT molecular complexity index is 507. The highest BCUT2D eigenvalue weighted by Crippen LogP contribution is 2.28. The molecule has 0 aliphatic carbocycles. The van der Waals surface area contributed by atoms with E-state index in [1.807, 2.05) is 36.4 Å². The zero-order valence-corrected chi connectivity index (χ0v) is 11.4. The van der Waals surface area contributed by atoms with Gasteiger partial charge in [-0.05, 0) is 30.7 Å². The molecule has 102 valence electrons. The third kappa shape index (κ3) is 2.85. The van der Waals surface area contributed by atoms with Crippen LogP contribution >= 0.6 is 0 Å². The average Bonchev–Trinajstić information content (AvgIpc) is 2.89. The van der Waals surface area contributed by atoms with Gasteiger partial charge in [0.05, 0.1) is 11.4 Å². The first kappa shape index (κ1) is 13.8. The molecule has 0 aliphatic rings. The number of hydrogen-bond acceptors (Lipinski definition) is 3. The van der Waals surface area contributed by atoms with Crippen molar-refractivity contribution in [2.24, 2.45) is 17.6 Å². The highest BCUT2D eigenvalue weighted by molar-refractivity contribution is 5.32. The molecule has 0 saturated carbocycles. The van der Waals surface area contributed by atoms with Crippen LogP contribution in [0, 0.1) is 11.8 Å². The molecular formula is C15H21N3O. The molecule has 0 radical (unpaired) electrons. The molecule has 1 aromatic heterocycles. The molecule has 1 heterocycles. The van der Waals surface area contributed by atoms with Crippen LogP contribution in [-0.2, 0) is 0 Å². The van der Waals surface area contributed by atoms with Gasteiger partial charge in [0, 0.05) is 12.1 Å². The molecule has 0 aliphatic heterocycles. The lowest BCUT2D eigenvalue weighted by molar-refractivity contribution is 0.0801. The number of nitrogens with zero attached hydrogens (tertiary/aromatic N) is 2. The SMILES string of the molecule is CC(C)C(CN)C(O)c1ccnn1-c1ccccc1. The van der Waals surface area contributed by atoms with Gasteiger partial charge in [0.25, 0.3) is 0 Å². The van der Waals surface area contributed by atoms with Crippen molar-refractivity contribution in [2.75, 3.05) is 6.54 Å². The normalized spacial score (nSPS) is 14.6. The Hall–Kier alpha value is -1.65. The number of para-hydroxylation sites is 1. The Morgan fingerprint density at radius 2 is 1.89 bits per heavy atom. The maximum absolute atomic E-state index is 10.5. The van der Waals surface area contributed by atoms with Crippen LogP contribution in [-0.4, -0.2) is 21.4 Å². The fourth-order valence-electron chi connectivity index (χ4n) is 2.31. The minimum atomic E-state index is -0.604. The van der Waals surface area contributed by atoms with Crippen LogP contribution in [0.2, 0.25) is 0 Å². The zero-order valence-electron chi connectivity index (χ0n) is 11.4. The Labute approximate surface area is 113 Å². The lowest BCUT2D eigenvalue weighted by atomic mass is 9.88. The Morgan fingerprint density at radius 3 is 2.47 bits per heavy atom. The molecule has 1 aromatic carbocycles. The Kier molecular flexibility index (Phi) is 4.35. The topological polar surface area (TPSA) is 64.1 Å². The van der Waals surface area contributed by atoms with Gasteiger partial charge in [0.2, 0.25) is 0 Å². The Morgan fingerprint density at radius 1 is 1.21 bits per heavy atom. The van der Waals surface area contributed by atoms with Crippen molar-refractivity contribution < 1.29 is 5.11 Å². The molecule has 0 spiro atoms. The van der Waals surface area contributed by atoms with Gasteiger partial charge < -0.3 is 10.8 Å². The van der Waals surface area contributed by atoms with Crippen molar-refractivity contribution in [3.8, 4) is 5.69 Å². The standard InChI is InChI=1S/C15H21N3O/c1-11(2)13(10-16)15(19)14-8-9-17-18(14)12-6-4-3-5-7-12/h3-9,11,13,15,19H,10,16H2,1-2H3. The molecule has 3 N–H and O–H groups in total. The Balaban J connectivity index is 2.34. The zero-order chi connectivity index (χ0) is 13.8. The summed E-state index contributed by atoms with van der Waals surface area (Å²) in [6.45, 7) is 4.60. The van der Waals surface area contributed by atoms with Gasteiger partial charge >= 0.3 is 0 Å². The summed E-state index contributed by atoms with van der Waals surface area (Å²) in [6.07, 6.45) is 1.10. The van der Waals surface area contributed by atoms with Crippen LogP contribution in [0.25, 0.3) is 5.69 Å². The van der Waals surface area contributed by atoms with E-state index in [1.165, 1.54) is 0 Å². The molecule has 4 heteroatoms. The summed E-state index contributed by atoms with van der Waals surface area (Å²) in [4.78, 5) is 0. The van der Waals surface area contributed by atoms with Crippen LogP contribution in [0.3, 0.4) is 0 Å². The number of nitrogens with two attached hydrogens (primary N) is 1. The smallest absolute Gasteiger partial charge is 0.100 e. The van der Waals surface area contributed by atoms with Gasteiger partial charge in [-0.1, -0.05) is 32.0 Å². The van der Waals surface area contributed by atoms with Crippen LogP contribution in [0.15, 0.2) is 42.6 Å². The fourth-order valence-corrected chi connectivity index (χ4v) is 2.31. The van der Waals surface area contributed by atoms with E-state index < -0.39 is 6.10 Å². The van der Waals surface area contributed by atoms with Crippen molar-refractivity contribution in [1.29, 1.82) is 0 Å². The van der Waals surface area contributed by atoms with Crippen LogP contribution in [0.5, 0.6) is 0 Å². The largest absolute Gasteiger partial charge is 0.386 e. The maximum Gasteiger partial charge on any atom is 0.100 e. The molecular weight excluding hydrogens is 238 g/mol. The molecule has 19 heavy (non-hydrogen) atoms. The van der Waals surface area contributed by atoms with E-state index in [-0.39, 0.29) is 5.92 Å². The molecule has 0 saturated heterocycles. The number of aromatic nitrogens is 2. The molecule has 2 atom stereocenters. The van der Waals surface area contributed by atoms with Crippen LogP contribution in [0.4, 0.5) is 0 Å². The van der Waals surface area contributed by atoms with E-state index in [2.05, 4.69) is 18.9 Å². The average molecular weight is 259 g/mol. The van der Waals surface area contributed by atoms with Crippen LogP contribution < -0.4 is 5.73 Å². The molecule has 2 unspecified atom stereocenters. The van der Waals surface area contributed by atoms with E-state index >= 15 is 0 Å². The quantitative estimate of drug-likeness (QED) is 0.864. The van der Waals surface area contributed by atoms with E-state index in [0.29, 0.717) is 12.5 Å². The van der Waals surface area contributed by atoms with Gasteiger partial charge in [-0.25, -0.2) is 4.68 Å². The fraction of sp³-hybridized carbons (Fsp3) is 0.400. The van der Waals surface area contributed by atoms with E-state index in [4.69, 9.17) is 5.73 Å². The maximum atomic E-state index is 10.5. The molecule has 4 nitrogen and oxygen atoms in total. The lowest BCUT2D eigenvalue weighted by Crippen LogP contribution is -2.28. The third-order valence-electron chi connectivity index (χ3n) is 3.51. The summed E-state index contributed by atoms with van der Waals surface area (Å²) < 4.78 is 1.77. The third-order valence-corrected chi connectivity index (χ3v) is 3.51. The van der Waals surface area contributed by atoms with E-state index in [9.17, 15) is 5.11 Å². The van der Waals surface area contributed by atoms with Crippen molar-refractivity contribution in [2.45, 2.75) is 20.0 Å². The summed E-state index contributed by atoms with van der Waals surface area (Å²) in [5, 5.41) is 14.8. The van der Waals surface area contributed by atoms with Gasteiger partial charge in [-0.2, -0.15) is 5.10 Å². The number of aliphatic hydroxyl groups excluding tert-OH is 1. The summed E-state index contributed by atoms with van der Waals surface area (Å²) in [5.41, 5.74) is 7.51. The predicted octanol–water partition coefficient (Wildman–Crippen LogP) is 2.14. The van der Waals surface area contributed by atoms with Gasteiger partial charge in [0.1, 0.15) is 6.10 Å². The summed E-state index contributed by atoms with van der Waals surface area (Å²) in [7, 11) is 0. The molecule has 0 bridgehead atoms. The highest BCUT2D eigenvalue weighted by Gasteiger charge is 2.25. The van der Waals surface area contributed by atoms with Crippen molar-refractivity contribution in [3.63, 3.8) is 0 Å². The molecule has 2 rings (SSSR count). The monoisotopic (exact) mass is 259 g/mol. The first-order valence-corrected chi connectivity index (χ1v) is 6.62. The van der Waals surface area contributed by atoms with Gasteiger partial charge in [-0.15, -0.1) is 0 Å². The highest BCUT2D eigenvalue weighted by atomic mass is 16.3. The van der Waals surface area contributed by atoms with Crippen molar-refractivity contribution >= 4 is 0 Å². The second-order valence-electron chi connectivity index (χ2n) is 5.09. The van der Waals surface area contributed by atoms with Gasteiger partial charge in [-0.3, -0.25) is 0 Å². The second-order valence-corrected chi connectivity index (χ2v) is 5.09. The molecule has 0 fully saturated rings. The summed E-state index contributed by atoms with van der Waals surface area (Å²) in [6, 6.07) is 11.7. The first-order chi connectivity index (χ1) is 9.15. The number of benzene rings is 1. The second kappa shape index (κ2) is 5.99. The van der Waals surface area contributed by atoms with E-state index in [1.54, 1.807) is 10.9 Å². The molecule has 2 aromatic rings. The molecule has 0 amide bonds. The first-order valence-electron chi connectivity index (χ1n) is 6.62. The number of rotatable bonds is 5. The number of aliphatic hydroxyl groups is 1. The van der Waals surface area contributed by atoms with E-state index in [0.717, 1.165) is 11.4 Å². The van der Waals surface area contributed by atoms with Gasteiger partial charge in [0.15, 0.2) is 0 Å². The minimum Gasteiger partial charge on any atom is -0.386 e.